The van der Waals surface area contributed by atoms with E-state index in [1.807, 2.05) is 19.9 Å². The number of carbonyl (C=O) groups excluding carboxylic acids is 1. The summed E-state index contributed by atoms with van der Waals surface area (Å²) in [6, 6.07) is 8.03. The van der Waals surface area contributed by atoms with E-state index in [0.717, 1.165) is 0 Å². The third-order valence-corrected chi connectivity index (χ3v) is 4.62. The molecule has 0 unspecified atom stereocenters. The number of carbonyl (C=O) groups is 1. The van der Waals surface area contributed by atoms with Crippen LogP contribution in [0.3, 0.4) is 0 Å². The van der Waals surface area contributed by atoms with Crippen molar-refractivity contribution in [2.24, 2.45) is 0 Å². The predicted octanol–water partition coefficient (Wildman–Crippen LogP) is 2.06. The minimum atomic E-state index is -3.56. The summed E-state index contributed by atoms with van der Waals surface area (Å²) in [6.07, 6.45) is -0.192. The van der Waals surface area contributed by atoms with E-state index in [9.17, 15) is 13.2 Å². The van der Waals surface area contributed by atoms with Gasteiger partial charge in [-0.25, -0.2) is 8.42 Å². The standard InChI is InChI=1S/C16H22N2O4S/c1-12(2)22-13-5-7-14(8-6-13)23(20,21)10-9-15(19)18-16(3,4)11-17/h5-8,12H,9-10H2,1-4H3,(H,18,19). The second-order valence-electron chi connectivity index (χ2n) is 5.99. The van der Waals surface area contributed by atoms with Crippen molar-refractivity contribution < 1.29 is 17.9 Å². The van der Waals surface area contributed by atoms with E-state index < -0.39 is 21.3 Å². The van der Waals surface area contributed by atoms with Gasteiger partial charge in [0.2, 0.25) is 5.91 Å². The molecule has 0 aliphatic carbocycles. The summed E-state index contributed by atoms with van der Waals surface area (Å²) in [4.78, 5) is 11.9. The molecule has 0 atom stereocenters. The van der Waals surface area contributed by atoms with Gasteiger partial charge in [0.05, 0.1) is 22.8 Å². The van der Waals surface area contributed by atoms with Gasteiger partial charge in [-0.15, -0.1) is 0 Å². The quantitative estimate of drug-likeness (QED) is 0.821. The van der Waals surface area contributed by atoms with Crippen LogP contribution < -0.4 is 10.1 Å². The normalized spacial score (nSPS) is 11.8. The maximum Gasteiger partial charge on any atom is 0.222 e. The van der Waals surface area contributed by atoms with Crippen LogP contribution >= 0.6 is 0 Å². The minimum Gasteiger partial charge on any atom is -0.491 e. The second-order valence-corrected chi connectivity index (χ2v) is 8.10. The molecule has 0 saturated heterocycles. The molecule has 0 bridgehead atoms. The number of hydrogen-bond donors (Lipinski definition) is 1. The first kappa shape index (κ1) is 19.0. The Balaban J connectivity index is 2.69. The van der Waals surface area contributed by atoms with Crippen LogP contribution in [0.25, 0.3) is 0 Å². The molecule has 0 fully saturated rings. The van der Waals surface area contributed by atoms with Crippen molar-refractivity contribution in [3.8, 4) is 11.8 Å². The Labute approximate surface area is 137 Å². The van der Waals surface area contributed by atoms with Gasteiger partial charge in [0.25, 0.3) is 0 Å². The molecule has 1 aromatic rings. The van der Waals surface area contributed by atoms with Crippen molar-refractivity contribution >= 4 is 15.7 Å². The molecule has 7 heteroatoms. The van der Waals surface area contributed by atoms with Crippen LogP contribution in [-0.2, 0) is 14.6 Å². The van der Waals surface area contributed by atoms with E-state index in [4.69, 9.17) is 10.00 Å². The number of amides is 1. The van der Waals surface area contributed by atoms with E-state index in [-0.39, 0.29) is 23.2 Å². The van der Waals surface area contributed by atoms with Gasteiger partial charge in [-0.3, -0.25) is 4.79 Å². The van der Waals surface area contributed by atoms with Gasteiger partial charge in [0, 0.05) is 6.42 Å². The first-order valence-electron chi connectivity index (χ1n) is 7.27. The Kier molecular flexibility index (Phi) is 6.16. The number of benzene rings is 1. The monoisotopic (exact) mass is 338 g/mol. The van der Waals surface area contributed by atoms with E-state index in [0.29, 0.717) is 5.75 Å². The Morgan fingerprint density at radius 1 is 1.30 bits per heavy atom. The first-order chi connectivity index (χ1) is 10.6. The summed E-state index contributed by atoms with van der Waals surface area (Å²) < 4.78 is 29.9. The number of ether oxygens (including phenoxy) is 1. The van der Waals surface area contributed by atoms with E-state index >= 15 is 0 Å². The molecule has 0 saturated carbocycles. The average Bonchev–Trinajstić information content (AvgIpc) is 2.45. The molecular weight excluding hydrogens is 316 g/mol. The number of nitriles is 1. The van der Waals surface area contributed by atoms with Crippen molar-refractivity contribution in [2.45, 2.75) is 50.7 Å². The number of nitrogens with zero attached hydrogens (tertiary/aromatic N) is 1. The lowest BCUT2D eigenvalue weighted by molar-refractivity contribution is -0.121. The molecule has 0 spiro atoms. The van der Waals surface area contributed by atoms with Crippen LogP contribution in [0, 0.1) is 11.3 Å². The third-order valence-electron chi connectivity index (χ3n) is 2.88. The van der Waals surface area contributed by atoms with Crippen molar-refractivity contribution in [3.63, 3.8) is 0 Å². The van der Waals surface area contributed by atoms with Crippen LogP contribution in [0.1, 0.15) is 34.1 Å². The lowest BCUT2D eigenvalue weighted by atomic mass is 10.1. The summed E-state index contributed by atoms with van der Waals surface area (Å²) in [5.41, 5.74) is -1.02. The zero-order valence-electron chi connectivity index (χ0n) is 13.8. The number of hydrogen-bond acceptors (Lipinski definition) is 5. The first-order valence-corrected chi connectivity index (χ1v) is 8.93. The summed E-state index contributed by atoms with van der Waals surface area (Å²) in [5, 5.41) is 11.3. The van der Waals surface area contributed by atoms with E-state index in [2.05, 4.69) is 5.32 Å². The Morgan fingerprint density at radius 3 is 2.35 bits per heavy atom. The fraction of sp³-hybridized carbons (Fsp3) is 0.500. The Morgan fingerprint density at radius 2 is 1.87 bits per heavy atom. The molecule has 1 aromatic carbocycles. The molecule has 1 N–H and O–H groups in total. The fourth-order valence-electron chi connectivity index (χ4n) is 1.78. The molecular formula is C16H22N2O4S. The maximum absolute atomic E-state index is 12.2. The largest absolute Gasteiger partial charge is 0.491 e. The van der Waals surface area contributed by atoms with Crippen molar-refractivity contribution in [1.82, 2.24) is 5.32 Å². The maximum atomic E-state index is 12.2. The number of nitrogens with one attached hydrogen (secondary N) is 1. The van der Waals surface area contributed by atoms with Crippen molar-refractivity contribution in [1.29, 1.82) is 5.26 Å². The zero-order chi connectivity index (χ0) is 17.7. The van der Waals surface area contributed by atoms with Crippen LogP contribution in [0.15, 0.2) is 29.2 Å². The van der Waals surface area contributed by atoms with Crippen molar-refractivity contribution in [2.75, 3.05) is 5.75 Å². The molecule has 1 amide bonds. The number of rotatable bonds is 7. The van der Waals surface area contributed by atoms with Gasteiger partial charge in [0.15, 0.2) is 9.84 Å². The zero-order valence-corrected chi connectivity index (χ0v) is 14.6. The molecule has 0 radical (unpaired) electrons. The van der Waals surface area contributed by atoms with E-state index in [1.165, 1.54) is 12.1 Å². The van der Waals surface area contributed by atoms with Gasteiger partial charge >= 0.3 is 0 Å². The molecule has 1 rings (SSSR count). The molecule has 0 heterocycles. The summed E-state index contributed by atoms with van der Waals surface area (Å²) >= 11 is 0. The van der Waals surface area contributed by atoms with Gasteiger partial charge in [-0.05, 0) is 52.0 Å². The second kappa shape index (κ2) is 7.47. The van der Waals surface area contributed by atoms with Crippen LogP contribution in [0.2, 0.25) is 0 Å². The van der Waals surface area contributed by atoms with E-state index in [1.54, 1.807) is 26.0 Å². The molecule has 0 aromatic heterocycles. The average molecular weight is 338 g/mol. The molecule has 0 aliphatic rings. The van der Waals surface area contributed by atoms with Gasteiger partial charge in [-0.2, -0.15) is 5.26 Å². The van der Waals surface area contributed by atoms with Gasteiger partial charge in [-0.1, -0.05) is 0 Å². The molecule has 6 nitrogen and oxygen atoms in total. The smallest absolute Gasteiger partial charge is 0.222 e. The van der Waals surface area contributed by atoms with Crippen LogP contribution in [0.4, 0.5) is 0 Å². The molecule has 0 aliphatic heterocycles. The highest BCUT2D eigenvalue weighted by molar-refractivity contribution is 7.91. The molecule has 126 valence electrons. The van der Waals surface area contributed by atoms with Crippen LogP contribution in [-0.4, -0.2) is 31.7 Å². The fourth-order valence-corrected chi connectivity index (χ4v) is 3.02. The van der Waals surface area contributed by atoms with Gasteiger partial charge in [0.1, 0.15) is 11.3 Å². The number of sulfone groups is 1. The highest BCUT2D eigenvalue weighted by Gasteiger charge is 2.22. The summed E-state index contributed by atoms with van der Waals surface area (Å²) in [5.74, 6) is -0.197. The van der Waals surface area contributed by atoms with Crippen LogP contribution in [0.5, 0.6) is 5.75 Å². The Bertz CT molecular complexity index is 686. The van der Waals surface area contributed by atoms with Gasteiger partial charge < -0.3 is 10.1 Å². The highest BCUT2D eigenvalue weighted by Crippen LogP contribution is 2.18. The highest BCUT2D eigenvalue weighted by atomic mass is 32.2. The topological polar surface area (TPSA) is 96.3 Å². The predicted molar refractivity (Wildman–Crippen MR) is 86.7 cm³/mol. The minimum absolute atomic E-state index is 0.00430. The lowest BCUT2D eigenvalue weighted by Gasteiger charge is -2.17. The lowest BCUT2D eigenvalue weighted by Crippen LogP contribution is -2.42. The SMILES string of the molecule is CC(C)Oc1ccc(S(=O)(=O)CCC(=O)NC(C)(C)C#N)cc1. The summed E-state index contributed by atoms with van der Waals surface area (Å²) in [7, 11) is -3.56. The Hall–Kier alpha value is -2.07. The summed E-state index contributed by atoms with van der Waals surface area (Å²) in [6.45, 7) is 6.86. The van der Waals surface area contributed by atoms with Crippen molar-refractivity contribution in [3.05, 3.63) is 24.3 Å². The molecule has 23 heavy (non-hydrogen) atoms. The third kappa shape index (κ3) is 6.28.